The molecule has 0 spiro atoms. The zero-order chi connectivity index (χ0) is 12.4. The number of nitrogens with one attached hydrogen (secondary N) is 1. The van der Waals surface area contributed by atoms with Crippen molar-refractivity contribution in [3.8, 4) is 0 Å². The van der Waals surface area contributed by atoms with Crippen LogP contribution in [0.25, 0.3) is 11.0 Å². The Kier molecular flexibility index (Phi) is 3.13. The van der Waals surface area contributed by atoms with E-state index in [0.29, 0.717) is 0 Å². The maximum absolute atomic E-state index is 4.50. The van der Waals surface area contributed by atoms with Crippen LogP contribution in [-0.2, 0) is 13.1 Å². The van der Waals surface area contributed by atoms with E-state index in [-0.39, 0.29) is 0 Å². The van der Waals surface area contributed by atoms with Crippen molar-refractivity contribution in [3.63, 3.8) is 0 Å². The molecule has 4 heteroatoms. The Morgan fingerprint density at radius 3 is 3.11 bits per heavy atom. The standard InChI is InChI=1S/C14H15N3S/c1-15-7-12-9-17(8-11-4-6-18-10-11)14-13(12)3-2-5-16-14/h2-6,9-10,15H,7-8H2,1H3. The fraction of sp³-hybridized carbons (Fsp3) is 0.214. The average molecular weight is 257 g/mol. The van der Waals surface area contributed by atoms with E-state index in [1.165, 1.54) is 16.5 Å². The number of fused-ring (bicyclic) bond motifs is 1. The Balaban J connectivity index is 2.05. The molecule has 0 atom stereocenters. The van der Waals surface area contributed by atoms with Gasteiger partial charge < -0.3 is 9.88 Å². The Morgan fingerprint density at radius 1 is 1.39 bits per heavy atom. The lowest BCUT2D eigenvalue weighted by atomic mass is 10.2. The highest BCUT2D eigenvalue weighted by atomic mass is 32.1. The van der Waals surface area contributed by atoms with Crippen molar-refractivity contribution < 1.29 is 0 Å². The lowest BCUT2D eigenvalue weighted by molar-refractivity contribution is 0.793. The van der Waals surface area contributed by atoms with Gasteiger partial charge in [-0.25, -0.2) is 4.98 Å². The third-order valence-electron chi connectivity index (χ3n) is 3.02. The molecule has 92 valence electrons. The summed E-state index contributed by atoms with van der Waals surface area (Å²) in [4.78, 5) is 4.50. The quantitative estimate of drug-likeness (QED) is 0.779. The minimum Gasteiger partial charge on any atom is -0.328 e. The van der Waals surface area contributed by atoms with Crippen LogP contribution in [-0.4, -0.2) is 16.6 Å². The van der Waals surface area contributed by atoms with Gasteiger partial charge in [0.05, 0.1) is 0 Å². The normalized spacial score (nSPS) is 11.2. The summed E-state index contributed by atoms with van der Waals surface area (Å²) in [6, 6.07) is 6.30. The zero-order valence-electron chi connectivity index (χ0n) is 10.3. The summed E-state index contributed by atoms with van der Waals surface area (Å²) in [6.07, 6.45) is 4.06. The van der Waals surface area contributed by atoms with E-state index in [4.69, 9.17) is 0 Å². The smallest absolute Gasteiger partial charge is 0.140 e. The second kappa shape index (κ2) is 4.92. The first-order chi connectivity index (χ1) is 8.88. The monoisotopic (exact) mass is 257 g/mol. The SMILES string of the molecule is CNCc1cn(Cc2ccsc2)c2ncccc12. The maximum atomic E-state index is 4.50. The first kappa shape index (κ1) is 11.4. The van der Waals surface area contributed by atoms with Gasteiger partial charge in [-0.3, -0.25) is 0 Å². The number of aromatic nitrogens is 2. The molecule has 0 unspecified atom stereocenters. The van der Waals surface area contributed by atoms with Crippen molar-refractivity contribution in [1.82, 2.24) is 14.9 Å². The van der Waals surface area contributed by atoms with Crippen LogP contribution in [0.15, 0.2) is 41.4 Å². The van der Waals surface area contributed by atoms with Crippen LogP contribution in [0.1, 0.15) is 11.1 Å². The van der Waals surface area contributed by atoms with Gasteiger partial charge in [-0.1, -0.05) is 0 Å². The van der Waals surface area contributed by atoms with Crippen LogP contribution in [0.2, 0.25) is 0 Å². The van der Waals surface area contributed by atoms with Crippen molar-refractivity contribution in [2.75, 3.05) is 7.05 Å². The van der Waals surface area contributed by atoms with Crippen LogP contribution in [0, 0.1) is 0 Å². The molecular formula is C14H15N3S. The van der Waals surface area contributed by atoms with E-state index < -0.39 is 0 Å². The molecule has 0 saturated heterocycles. The van der Waals surface area contributed by atoms with Gasteiger partial charge >= 0.3 is 0 Å². The zero-order valence-corrected chi connectivity index (χ0v) is 11.1. The van der Waals surface area contributed by atoms with E-state index in [1.807, 2.05) is 19.3 Å². The molecule has 0 amide bonds. The molecule has 0 aliphatic carbocycles. The molecule has 3 nitrogen and oxygen atoms in total. The van der Waals surface area contributed by atoms with E-state index in [2.05, 4.69) is 44.0 Å². The number of nitrogens with zero attached hydrogens (tertiary/aromatic N) is 2. The molecule has 0 bridgehead atoms. The van der Waals surface area contributed by atoms with Crippen LogP contribution < -0.4 is 5.32 Å². The summed E-state index contributed by atoms with van der Waals surface area (Å²) < 4.78 is 2.23. The van der Waals surface area contributed by atoms with E-state index in [9.17, 15) is 0 Å². The summed E-state index contributed by atoms with van der Waals surface area (Å²) in [6.45, 7) is 1.76. The molecule has 0 aromatic carbocycles. The average Bonchev–Trinajstić information content (AvgIpc) is 3.00. The lowest BCUT2D eigenvalue weighted by Gasteiger charge is -2.01. The molecule has 3 aromatic heterocycles. The minimum absolute atomic E-state index is 0.874. The van der Waals surface area contributed by atoms with Crippen LogP contribution in [0.5, 0.6) is 0 Å². The van der Waals surface area contributed by atoms with Crippen LogP contribution in [0.4, 0.5) is 0 Å². The summed E-state index contributed by atoms with van der Waals surface area (Å²) in [5.41, 5.74) is 3.70. The van der Waals surface area contributed by atoms with Gasteiger partial charge in [0.25, 0.3) is 0 Å². The van der Waals surface area contributed by atoms with E-state index in [0.717, 1.165) is 18.7 Å². The summed E-state index contributed by atoms with van der Waals surface area (Å²) in [5.74, 6) is 0. The molecule has 0 radical (unpaired) electrons. The third kappa shape index (κ3) is 2.05. The summed E-state index contributed by atoms with van der Waals surface area (Å²) >= 11 is 1.74. The molecule has 0 saturated carbocycles. The van der Waals surface area contributed by atoms with E-state index >= 15 is 0 Å². The topological polar surface area (TPSA) is 29.9 Å². The van der Waals surface area contributed by atoms with Crippen molar-refractivity contribution >= 4 is 22.4 Å². The number of pyridine rings is 1. The summed E-state index contributed by atoms with van der Waals surface area (Å²) in [7, 11) is 1.97. The minimum atomic E-state index is 0.874. The van der Waals surface area contributed by atoms with Gasteiger partial charge in [-0.05, 0) is 47.1 Å². The number of thiophene rings is 1. The van der Waals surface area contributed by atoms with Crippen LogP contribution >= 0.6 is 11.3 Å². The first-order valence-corrected chi connectivity index (χ1v) is 6.91. The molecule has 3 heterocycles. The number of hydrogen-bond acceptors (Lipinski definition) is 3. The molecule has 0 fully saturated rings. The Bertz CT molecular complexity index is 640. The van der Waals surface area contributed by atoms with Gasteiger partial charge in [0.1, 0.15) is 5.65 Å². The van der Waals surface area contributed by atoms with Gasteiger partial charge in [0.15, 0.2) is 0 Å². The molecule has 3 rings (SSSR count). The number of hydrogen-bond donors (Lipinski definition) is 1. The van der Waals surface area contributed by atoms with Crippen molar-refractivity contribution in [2.45, 2.75) is 13.1 Å². The third-order valence-corrected chi connectivity index (χ3v) is 3.75. The fourth-order valence-corrected chi connectivity index (χ4v) is 2.89. The lowest BCUT2D eigenvalue weighted by Crippen LogP contribution is -2.04. The van der Waals surface area contributed by atoms with Crippen molar-refractivity contribution in [1.29, 1.82) is 0 Å². The molecule has 3 aromatic rings. The van der Waals surface area contributed by atoms with Gasteiger partial charge in [-0.15, -0.1) is 0 Å². The summed E-state index contributed by atoms with van der Waals surface area (Å²) in [5, 5.41) is 8.75. The first-order valence-electron chi connectivity index (χ1n) is 5.97. The van der Waals surface area contributed by atoms with Crippen molar-refractivity contribution in [3.05, 3.63) is 52.5 Å². The molecule has 0 aliphatic heterocycles. The van der Waals surface area contributed by atoms with Crippen LogP contribution in [0.3, 0.4) is 0 Å². The fourth-order valence-electron chi connectivity index (χ4n) is 2.23. The Morgan fingerprint density at radius 2 is 2.33 bits per heavy atom. The maximum Gasteiger partial charge on any atom is 0.140 e. The molecule has 18 heavy (non-hydrogen) atoms. The molecule has 0 aliphatic rings. The van der Waals surface area contributed by atoms with Gasteiger partial charge in [0, 0.05) is 30.9 Å². The van der Waals surface area contributed by atoms with E-state index in [1.54, 1.807) is 11.3 Å². The predicted octanol–water partition coefficient (Wildman–Crippen LogP) is 2.87. The van der Waals surface area contributed by atoms with Crippen molar-refractivity contribution in [2.24, 2.45) is 0 Å². The highest BCUT2D eigenvalue weighted by Crippen LogP contribution is 2.21. The Hall–Kier alpha value is -1.65. The molecule has 1 N–H and O–H groups in total. The Labute approximate surface area is 110 Å². The van der Waals surface area contributed by atoms with Gasteiger partial charge in [0.2, 0.25) is 0 Å². The van der Waals surface area contributed by atoms with Gasteiger partial charge in [-0.2, -0.15) is 11.3 Å². The molecular weight excluding hydrogens is 242 g/mol. The number of rotatable bonds is 4. The predicted molar refractivity (Wildman–Crippen MR) is 75.9 cm³/mol. The second-order valence-electron chi connectivity index (χ2n) is 4.32. The largest absolute Gasteiger partial charge is 0.328 e. The highest BCUT2D eigenvalue weighted by molar-refractivity contribution is 7.07. The highest BCUT2D eigenvalue weighted by Gasteiger charge is 2.08. The second-order valence-corrected chi connectivity index (χ2v) is 5.10.